The van der Waals surface area contributed by atoms with Gasteiger partial charge in [-0.15, -0.1) is 0 Å². The molecule has 0 radical (unpaired) electrons. The molecule has 0 aliphatic carbocycles. The lowest BCUT2D eigenvalue weighted by Gasteiger charge is -2.35. The quantitative estimate of drug-likeness (QED) is 0.156. The van der Waals surface area contributed by atoms with Crippen LogP contribution in [0.1, 0.15) is 24.2 Å². The van der Waals surface area contributed by atoms with Gasteiger partial charge in [-0.25, -0.2) is 14.8 Å². The Kier molecular flexibility index (Phi) is 9.82. The van der Waals surface area contributed by atoms with Crippen LogP contribution in [-0.2, 0) is 16.6 Å². The summed E-state index contributed by atoms with van der Waals surface area (Å²) in [7, 11) is 5.54. The van der Waals surface area contributed by atoms with E-state index in [0.29, 0.717) is 40.0 Å². The van der Waals surface area contributed by atoms with Crippen LogP contribution in [0.2, 0.25) is 0 Å². The number of nitrogens with one attached hydrogen (secondary N) is 3. The fraction of sp³-hybridized carbons (Fsp3) is 0.303. The first-order valence-corrected chi connectivity index (χ1v) is 14.9. The number of para-hydroxylation sites is 1. The molecule has 1 fully saturated rings. The van der Waals surface area contributed by atoms with E-state index in [4.69, 9.17) is 14.6 Å². The highest BCUT2D eigenvalue weighted by atomic mass is 16.5. The number of amides is 1. The molecule has 0 spiro atoms. The fourth-order valence-corrected chi connectivity index (χ4v) is 5.13. The van der Waals surface area contributed by atoms with Gasteiger partial charge in [0.1, 0.15) is 29.2 Å². The van der Waals surface area contributed by atoms with Gasteiger partial charge in [0.05, 0.1) is 36.0 Å². The molecule has 1 aliphatic heterocycles. The van der Waals surface area contributed by atoms with Crippen LogP contribution in [0.25, 0.3) is 11.3 Å². The summed E-state index contributed by atoms with van der Waals surface area (Å²) in [6.07, 6.45) is 5.61. The minimum Gasteiger partial charge on any atom is -0.494 e. The Hall–Kier alpha value is -5.43. The van der Waals surface area contributed by atoms with Crippen LogP contribution < -0.4 is 25.6 Å². The molecule has 1 aliphatic rings. The van der Waals surface area contributed by atoms with Crippen molar-refractivity contribution in [2.75, 3.05) is 61.2 Å². The number of nitrogens with zero attached hydrogens (tertiary/aromatic N) is 6. The number of piperazine rings is 1. The number of carbonyl (C=O) groups is 2. The Morgan fingerprint density at radius 3 is 2.48 bits per heavy atom. The molecule has 1 saturated heterocycles. The van der Waals surface area contributed by atoms with Gasteiger partial charge in [0.15, 0.2) is 0 Å². The molecule has 4 aromatic rings. The van der Waals surface area contributed by atoms with E-state index in [1.54, 1.807) is 25.6 Å². The maximum atomic E-state index is 12.8. The number of rotatable bonds is 11. The minimum absolute atomic E-state index is 0.213. The summed E-state index contributed by atoms with van der Waals surface area (Å²) in [6.45, 7) is 10.6. The average Bonchev–Trinajstić information content (AvgIpc) is 3.41. The zero-order valence-electron chi connectivity index (χ0n) is 26.7. The number of ether oxygens (including phenoxy) is 2. The van der Waals surface area contributed by atoms with Gasteiger partial charge in [-0.3, -0.25) is 9.48 Å². The topological polar surface area (TPSA) is 139 Å². The van der Waals surface area contributed by atoms with Gasteiger partial charge >= 0.3 is 5.97 Å². The summed E-state index contributed by atoms with van der Waals surface area (Å²) < 4.78 is 12.9. The van der Waals surface area contributed by atoms with Crippen molar-refractivity contribution >= 4 is 46.1 Å². The molecule has 13 heteroatoms. The highest BCUT2D eigenvalue weighted by Gasteiger charge is 2.23. The third-order valence-corrected chi connectivity index (χ3v) is 7.41. The van der Waals surface area contributed by atoms with Crippen molar-refractivity contribution in [1.82, 2.24) is 24.6 Å². The lowest BCUT2D eigenvalue weighted by molar-refractivity contribution is -0.111. The van der Waals surface area contributed by atoms with Gasteiger partial charge in [0, 0.05) is 62.9 Å². The molecule has 240 valence electrons. The van der Waals surface area contributed by atoms with Gasteiger partial charge in [-0.2, -0.15) is 5.10 Å². The maximum Gasteiger partial charge on any atom is 0.343 e. The van der Waals surface area contributed by atoms with Crippen molar-refractivity contribution in [2.24, 2.45) is 7.05 Å². The number of likely N-dealkylation sites (N-methyl/N-ethyl adjacent to an activating group) is 1. The number of aryl methyl sites for hydroxylation is 1. The lowest BCUT2D eigenvalue weighted by Crippen LogP contribution is -2.44. The van der Waals surface area contributed by atoms with Crippen molar-refractivity contribution in [3.63, 3.8) is 0 Å². The molecule has 5 rings (SSSR count). The summed E-state index contributed by atoms with van der Waals surface area (Å²) in [5, 5.41) is 14.5. The highest BCUT2D eigenvalue weighted by Crippen LogP contribution is 2.41. The second kappa shape index (κ2) is 14.1. The number of esters is 1. The van der Waals surface area contributed by atoms with Crippen molar-refractivity contribution in [3.8, 4) is 17.0 Å². The molecule has 1 amide bonds. The van der Waals surface area contributed by atoms with E-state index in [-0.39, 0.29) is 17.6 Å². The zero-order valence-corrected chi connectivity index (χ0v) is 26.7. The number of anilines is 6. The standard InChI is InChI=1S/C33H39N9O4/c1-7-30(43)37-25-16-26(29(45-6)17-28(25)42-14-12-40(4)13-15-42)36-27-19-41(5)39-31(27)22-10-8-9-11-24(22)38-32-23(18-34-20-35-32)33(44)46-21(2)3/h7-11,16-21,36H,1,12-15H2,2-6H3,(H,37,43)(H,34,35,38). The summed E-state index contributed by atoms with van der Waals surface area (Å²) in [5.41, 5.74) is 5.08. The Balaban J connectivity index is 1.52. The zero-order chi connectivity index (χ0) is 32.8. The maximum absolute atomic E-state index is 12.8. The normalized spacial score (nSPS) is 13.3. The van der Waals surface area contributed by atoms with Crippen LogP contribution in [0.15, 0.2) is 67.8 Å². The third-order valence-electron chi connectivity index (χ3n) is 7.41. The van der Waals surface area contributed by atoms with E-state index in [1.165, 1.54) is 18.6 Å². The van der Waals surface area contributed by atoms with Crippen LogP contribution in [0.3, 0.4) is 0 Å². The SMILES string of the molecule is C=CC(=O)Nc1cc(Nc2cn(C)nc2-c2ccccc2Nc2ncncc2C(=O)OC(C)C)c(OC)cc1N1CCN(C)CC1. The number of benzene rings is 2. The van der Waals surface area contributed by atoms with Crippen molar-refractivity contribution in [2.45, 2.75) is 20.0 Å². The molecule has 2 aromatic carbocycles. The van der Waals surface area contributed by atoms with Gasteiger partial charge in [0.25, 0.3) is 0 Å². The second-order valence-corrected chi connectivity index (χ2v) is 11.2. The fourth-order valence-electron chi connectivity index (χ4n) is 5.13. The van der Waals surface area contributed by atoms with E-state index in [0.717, 1.165) is 37.4 Å². The molecule has 46 heavy (non-hydrogen) atoms. The summed E-state index contributed by atoms with van der Waals surface area (Å²) in [6, 6.07) is 11.4. The van der Waals surface area contributed by atoms with Gasteiger partial charge in [-0.05, 0) is 39.1 Å². The van der Waals surface area contributed by atoms with E-state index in [2.05, 4.69) is 49.3 Å². The molecule has 0 saturated carbocycles. The van der Waals surface area contributed by atoms with E-state index < -0.39 is 5.97 Å². The van der Waals surface area contributed by atoms with E-state index in [1.807, 2.05) is 49.6 Å². The minimum atomic E-state index is -0.526. The second-order valence-electron chi connectivity index (χ2n) is 11.2. The Morgan fingerprint density at radius 2 is 1.76 bits per heavy atom. The van der Waals surface area contributed by atoms with Crippen LogP contribution in [0.5, 0.6) is 5.75 Å². The average molecular weight is 626 g/mol. The number of hydrogen-bond acceptors (Lipinski definition) is 11. The molecule has 13 nitrogen and oxygen atoms in total. The number of hydrogen-bond donors (Lipinski definition) is 3. The predicted molar refractivity (Wildman–Crippen MR) is 179 cm³/mol. The number of methoxy groups -OCH3 is 1. The van der Waals surface area contributed by atoms with E-state index in [9.17, 15) is 9.59 Å². The molecule has 2 aromatic heterocycles. The first-order valence-electron chi connectivity index (χ1n) is 14.9. The Bertz CT molecular complexity index is 1730. The molecular formula is C33H39N9O4. The highest BCUT2D eigenvalue weighted by molar-refractivity contribution is 6.02. The lowest BCUT2D eigenvalue weighted by atomic mass is 10.1. The Morgan fingerprint density at radius 1 is 1.00 bits per heavy atom. The number of carbonyl (C=O) groups excluding carboxylic acids is 2. The van der Waals surface area contributed by atoms with Crippen molar-refractivity contribution in [3.05, 3.63) is 73.3 Å². The first kappa shape index (κ1) is 32.0. The van der Waals surface area contributed by atoms with E-state index >= 15 is 0 Å². The van der Waals surface area contributed by atoms with Gasteiger partial charge < -0.3 is 35.2 Å². The molecule has 3 heterocycles. The van der Waals surface area contributed by atoms with Gasteiger partial charge in [0.2, 0.25) is 5.91 Å². The summed E-state index contributed by atoms with van der Waals surface area (Å²) in [5.74, 6) is 0.0699. The predicted octanol–water partition coefficient (Wildman–Crippen LogP) is 4.81. The monoisotopic (exact) mass is 625 g/mol. The van der Waals surface area contributed by atoms with Crippen molar-refractivity contribution < 1.29 is 19.1 Å². The van der Waals surface area contributed by atoms with Crippen LogP contribution in [0, 0.1) is 0 Å². The largest absolute Gasteiger partial charge is 0.494 e. The molecule has 3 N–H and O–H groups in total. The van der Waals surface area contributed by atoms with Crippen molar-refractivity contribution in [1.29, 1.82) is 0 Å². The number of aromatic nitrogens is 4. The van der Waals surface area contributed by atoms with Crippen LogP contribution in [0.4, 0.5) is 34.3 Å². The van der Waals surface area contributed by atoms with Crippen LogP contribution in [-0.4, -0.2) is 83.0 Å². The molecule has 0 atom stereocenters. The summed E-state index contributed by atoms with van der Waals surface area (Å²) in [4.78, 5) is 38.1. The van der Waals surface area contributed by atoms with Gasteiger partial charge in [-0.1, -0.05) is 24.8 Å². The Labute approximate surface area is 268 Å². The first-order chi connectivity index (χ1) is 22.2. The summed E-state index contributed by atoms with van der Waals surface area (Å²) >= 11 is 0. The molecule has 0 bridgehead atoms. The molecular weight excluding hydrogens is 586 g/mol. The van der Waals surface area contributed by atoms with Crippen LogP contribution >= 0.6 is 0 Å². The molecule has 0 unspecified atom stereocenters. The smallest absolute Gasteiger partial charge is 0.343 e. The third kappa shape index (κ3) is 7.26.